The van der Waals surface area contributed by atoms with Crippen molar-refractivity contribution in [2.75, 3.05) is 0 Å². The fourth-order valence-corrected chi connectivity index (χ4v) is 1.78. The van der Waals surface area contributed by atoms with Gasteiger partial charge in [0.05, 0.1) is 12.2 Å². The Hall–Kier alpha value is -2.69. The Morgan fingerprint density at radius 2 is 1.76 bits per heavy atom. The molecule has 5 nitrogen and oxygen atoms in total. The lowest BCUT2D eigenvalue weighted by molar-refractivity contribution is -0.119. The Bertz CT molecular complexity index is 609. The van der Waals surface area contributed by atoms with E-state index < -0.39 is 0 Å². The van der Waals surface area contributed by atoms with Crippen LogP contribution in [0.4, 0.5) is 0 Å². The van der Waals surface area contributed by atoms with Crippen molar-refractivity contribution in [3.8, 4) is 0 Å². The normalized spacial score (nSPS) is 9.95. The number of amides is 2. The molecule has 1 aromatic heterocycles. The number of nitrogens with zero attached hydrogens (tertiary/aromatic N) is 1. The van der Waals surface area contributed by atoms with Gasteiger partial charge < -0.3 is 10.6 Å². The van der Waals surface area contributed by atoms with Crippen LogP contribution in [0.15, 0.2) is 48.7 Å². The Morgan fingerprint density at radius 3 is 2.38 bits per heavy atom. The Kier molecular flexibility index (Phi) is 5.04. The number of hydrogen-bond acceptors (Lipinski definition) is 3. The van der Waals surface area contributed by atoms with Gasteiger partial charge in [0.2, 0.25) is 5.91 Å². The molecule has 108 valence electrons. The molecule has 2 N–H and O–H groups in total. The molecule has 0 bridgehead atoms. The van der Waals surface area contributed by atoms with Crippen molar-refractivity contribution in [3.63, 3.8) is 0 Å². The predicted octanol–water partition coefficient (Wildman–Crippen LogP) is 1.65. The fourth-order valence-electron chi connectivity index (χ4n) is 1.78. The molecule has 0 atom stereocenters. The molecule has 0 saturated heterocycles. The van der Waals surface area contributed by atoms with E-state index in [0.717, 1.165) is 11.3 Å². The Balaban J connectivity index is 1.89. The molecule has 1 heterocycles. The summed E-state index contributed by atoms with van der Waals surface area (Å²) >= 11 is 0. The Labute approximate surface area is 123 Å². The van der Waals surface area contributed by atoms with Crippen molar-refractivity contribution < 1.29 is 9.59 Å². The number of nitrogens with one attached hydrogen (secondary N) is 2. The third kappa shape index (κ3) is 4.72. The molecule has 0 spiro atoms. The van der Waals surface area contributed by atoms with Gasteiger partial charge in [-0.05, 0) is 29.8 Å². The van der Waals surface area contributed by atoms with Crippen LogP contribution >= 0.6 is 0 Å². The van der Waals surface area contributed by atoms with Gasteiger partial charge in [-0.1, -0.05) is 18.2 Å². The number of aromatic nitrogens is 1. The summed E-state index contributed by atoms with van der Waals surface area (Å²) < 4.78 is 0. The molecule has 0 saturated carbocycles. The Morgan fingerprint density at radius 1 is 1.00 bits per heavy atom. The lowest BCUT2D eigenvalue weighted by Crippen LogP contribution is -2.23. The van der Waals surface area contributed by atoms with E-state index in [0.29, 0.717) is 18.7 Å². The van der Waals surface area contributed by atoms with E-state index in [1.54, 1.807) is 18.3 Å². The first kappa shape index (κ1) is 14.7. The summed E-state index contributed by atoms with van der Waals surface area (Å²) in [5.74, 6) is -0.223. The molecule has 2 amide bonds. The second kappa shape index (κ2) is 7.19. The van der Waals surface area contributed by atoms with Gasteiger partial charge in [-0.25, -0.2) is 0 Å². The molecule has 0 radical (unpaired) electrons. The van der Waals surface area contributed by atoms with Crippen LogP contribution in [-0.4, -0.2) is 16.8 Å². The fraction of sp³-hybridized carbons (Fsp3) is 0.188. The van der Waals surface area contributed by atoms with Crippen LogP contribution in [0.25, 0.3) is 0 Å². The van der Waals surface area contributed by atoms with E-state index in [-0.39, 0.29) is 11.8 Å². The quantitative estimate of drug-likeness (QED) is 0.876. The smallest absolute Gasteiger partial charge is 0.251 e. The van der Waals surface area contributed by atoms with Gasteiger partial charge in [0.1, 0.15) is 0 Å². The van der Waals surface area contributed by atoms with Gasteiger partial charge >= 0.3 is 0 Å². The first-order valence-electron chi connectivity index (χ1n) is 6.66. The summed E-state index contributed by atoms with van der Waals surface area (Å²) in [5.41, 5.74) is 2.34. The number of hydrogen-bond donors (Lipinski definition) is 2. The van der Waals surface area contributed by atoms with Crippen molar-refractivity contribution in [2.24, 2.45) is 0 Å². The SMILES string of the molecule is CC(=O)NCc1ccc(C(=O)NCc2ccccn2)cc1. The monoisotopic (exact) mass is 283 g/mol. The second-order valence-corrected chi connectivity index (χ2v) is 4.61. The van der Waals surface area contributed by atoms with Crippen molar-refractivity contribution in [3.05, 3.63) is 65.5 Å². The van der Waals surface area contributed by atoms with Crippen LogP contribution < -0.4 is 10.6 Å². The highest BCUT2D eigenvalue weighted by Gasteiger charge is 2.05. The van der Waals surface area contributed by atoms with Gasteiger partial charge in [0.15, 0.2) is 0 Å². The number of carbonyl (C=O) groups is 2. The van der Waals surface area contributed by atoms with Gasteiger partial charge in [0, 0.05) is 25.2 Å². The minimum Gasteiger partial charge on any atom is -0.352 e. The zero-order valence-electron chi connectivity index (χ0n) is 11.8. The summed E-state index contributed by atoms with van der Waals surface area (Å²) in [6, 6.07) is 12.7. The molecule has 0 aliphatic carbocycles. The molecular weight excluding hydrogens is 266 g/mol. The predicted molar refractivity (Wildman–Crippen MR) is 79.4 cm³/mol. The topological polar surface area (TPSA) is 71.1 Å². The zero-order chi connectivity index (χ0) is 15.1. The lowest BCUT2D eigenvalue weighted by Gasteiger charge is -2.06. The molecule has 0 fully saturated rings. The first-order valence-corrected chi connectivity index (χ1v) is 6.66. The highest BCUT2D eigenvalue weighted by atomic mass is 16.2. The van der Waals surface area contributed by atoms with Crippen LogP contribution in [0.3, 0.4) is 0 Å². The van der Waals surface area contributed by atoms with E-state index >= 15 is 0 Å². The van der Waals surface area contributed by atoms with E-state index in [9.17, 15) is 9.59 Å². The van der Waals surface area contributed by atoms with Gasteiger partial charge in [-0.15, -0.1) is 0 Å². The minimum atomic E-state index is -0.147. The van der Waals surface area contributed by atoms with E-state index in [1.165, 1.54) is 6.92 Å². The number of benzene rings is 1. The maximum Gasteiger partial charge on any atom is 0.251 e. The molecule has 0 aliphatic heterocycles. The maximum atomic E-state index is 12.0. The van der Waals surface area contributed by atoms with Crippen LogP contribution in [0.1, 0.15) is 28.5 Å². The third-order valence-corrected chi connectivity index (χ3v) is 2.91. The summed E-state index contributed by atoms with van der Waals surface area (Å²) in [4.78, 5) is 27.0. The highest BCUT2D eigenvalue weighted by molar-refractivity contribution is 5.94. The molecule has 0 aliphatic rings. The van der Waals surface area contributed by atoms with Crippen molar-refractivity contribution in [2.45, 2.75) is 20.0 Å². The molecule has 0 unspecified atom stereocenters. The largest absolute Gasteiger partial charge is 0.352 e. The molecule has 1 aromatic carbocycles. The summed E-state index contributed by atoms with van der Waals surface area (Å²) in [6.45, 7) is 2.33. The van der Waals surface area contributed by atoms with Gasteiger partial charge in [0.25, 0.3) is 5.91 Å². The summed E-state index contributed by atoms with van der Waals surface area (Å²) in [7, 11) is 0. The van der Waals surface area contributed by atoms with E-state index in [4.69, 9.17) is 0 Å². The molecule has 21 heavy (non-hydrogen) atoms. The van der Waals surface area contributed by atoms with E-state index in [1.807, 2.05) is 30.3 Å². The first-order chi connectivity index (χ1) is 10.1. The van der Waals surface area contributed by atoms with Crippen LogP contribution in [-0.2, 0) is 17.9 Å². The number of carbonyl (C=O) groups excluding carboxylic acids is 2. The standard InChI is InChI=1S/C16H17N3O2/c1-12(20)18-10-13-5-7-14(8-6-13)16(21)19-11-15-4-2-3-9-17-15/h2-9H,10-11H2,1H3,(H,18,20)(H,19,21). The third-order valence-electron chi connectivity index (χ3n) is 2.91. The molecule has 2 rings (SSSR count). The summed E-state index contributed by atoms with van der Waals surface area (Å²) in [5, 5.41) is 5.52. The molecule has 2 aromatic rings. The summed E-state index contributed by atoms with van der Waals surface area (Å²) in [6.07, 6.45) is 1.69. The number of pyridine rings is 1. The van der Waals surface area contributed by atoms with Crippen molar-refractivity contribution in [1.29, 1.82) is 0 Å². The second-order valence-electron chi connectivity index (χ2n) is 4.61. The van der Waals surface area contributed by atoms with Gasteiger partial charge in [-0.2, -0.15) is 0 Å². The lowest BCUT2D eigenvalue weighted by atomic mass is 10.1. The van der Waals surface area contributed by atoms with Crippen molar-refractivity contribution >= 4 is 11.8 Å². The molecular formula is C16H17N3O2. The van der Waals surface area contributed by atoms with Crippen LogP contribution in [0.5, 0.6) is 0 Å². The number of rotatable bonds is 5. The highest BCUT2D eigenvalue weighted by Crippen LogP contribution is 2.05. The average molecular weight is 283 g/mol. The zero-order valence-corrected chi connectivity index (χ0v) is 11.8. The minimum absolute atomic E-state index is 0.0767. The van der Waals surface area contributed by atoms with Crippen LogP contribution in [0.2, 0.25) is 0 Å². The van der Waals surface area contributed by atoms with Crippen LogP contribution in [0, 0.1) is 0 Å². The van der Waals surface area contributed by atoms with Crippen molar-refractivity contribution in [1.82, 2.24) is 15.6 Å². The molecule has 5 heteroatoms. The average Bonchev–Trinajstić information content (AvgIpc) is 2.52. The van der Waals surface area contributed by atoms with Gasteiger partial charge in [-0.3, -0.25) is 14.6 Å². The maximum absolute atomic E-state index is 12.0. The van der Waals surface area contributed by atoms with E-state index in [2.05, 4.69) is 15.6 Å².